The monoisotopic (exact) mass is 424 g/mol. The number of piperidine rings is 1. The molecule has 2 amide bonds. The molecule has 0 radical (unpaired) electrons. The van der Waals surface area contributed by atoms with Crippen LogP contribution < -0.4 is 16.0 Å². The van der Waals surface area contributed by atoms with E-state index in [0.29, 0.717) is 37.3 Å². The SMILES string of the molecule is O=C(CCN1CCCCC1)Nc1cccc(C(=O)NCCNCc2ccc(O)cc2)c1. The van der Waals surface area contributed by atoms with Crippen molar-refractivity contribution >= 4 is 17.5 Å². The molecule has 1 fully saturated rings. The van der Waals surface area contributed by atoms with Crippen LogP contribution in [0.5, 0.6) is 5.75 Å². The Morgan fingerprint density at radius 2 is 1.74 bits per heavy atom. The van der Waals surface area contributed by atoms with Crippen LogP contribution in [0.25, 0.3) is 0 Å². The molecule has 3 rings (SSSR count). The third-order valence-electron chi connectivity index (χ3n) is 5.37. The van der Waals surface area contributed by atoms with Gasteiger partial charge >= 0.3 is 0 Å². The Hall–Kier alpha value is -2.90. The van der Waals surface area contributed by atoms with Crippen molar-refractivity contribution in [3.63, 3.8) is 0 Å². The highest BCUT2D eigenvalue weighted by Gasteiger charge is 2.12. The molecule has 1 heterocycles. The van der Waals surface area contributed by atoms with Crippen LogP contribution in [0.15, 0.2) is 48.5 Å². The van der Waals surface area contributed by atoms with Crippen LogP contribution in [-0.2, 0) is 11.3 Å². The molecular weight excluding hydrogens is 392 g/mol. The Balaban J connectivity index is 1.36. The number of phenols is 1. The summed E-state index contributed by atoms with van der Waals surface area (Å²) >= 11 is 0. The zero-order valence-electron chi connectivity index (χ0n) is 17.9. The van der Waals surface area contributed by atoms with Crippen LogP contribution in [0, 0.1) is 0 Å². The molecule has 1 aliphatic heterocycles. The molecule has 7 nitrogen and oxygen atoms in total. The van der Waals surface area contributed by atoms with Gasteiger partial charge in [-0.1, -0.05) is 24.6 Å². The number of phenolic OH excluding ortho intramolecular Hbond substituents is 1. The van der Waals surface area contributed by atoms with E-state index in [-0.39, 0.29) is 17.6 Å². The van der Waals surface area contributed by atoms with Crippen LogP contribution in [0.2, 0.25) is 0 Å². The molecule has 1 aliphatic rings. The Kier molecular flexibility index (Phi) is 8.87. The summed E-state index contributed by atoms with van der Waals surface area (Å²) in [6, 6.07) is 14.0. The summed E-state index contributed by atoms with van der Waals surface area (Å²) in [6.45, 7) is 4.71. The predicted molar refractivity (Wildman–Crippen MR) is 122 cm³/mol. The number of nitrogens with one attached hydrogen (secondary N) is 3. The van der Waals surface area contributed by atoms with E-state index in [1.165, 1.54) is 19.3 Å². The maximum absolute atomic E-state index is 12.4. The summed E-state index contributed by atoms with van der Waals surface area (Å²) < 4.78 is 0. The molecule has 0 unspecified atom stereocenters. The number of benzene rings is 2. The minimum absolute atomic E-state index is 0.0263. The van der Waals surface area contributed by atoms with Crippen molar-refractivity contribution in [1.29, 1.82) is 0 Å². The molecule has 0 spiro atoms. The molecule has 7 heteroatoms. The predicted octanol–water partition coefficient (Wildman–Crippen LogP) is 2.73. The number of aromatic hydroxyl groups is 1. The number of carbonyl (C=O) groups is 2. The molecule has 166 valence electrons. The van der Waals surface area contributed by atoms with Gasteiger partial charge in [0.05, 0.1) is 0 Å². The molecule has 4 N–H and O–H groups in total. The lowest BCUT2D eigenvalue weighted by molar-refractivity contribution is -0.116. The molecule has 0 bridgehead atoms. The highest BCUT2D eigenvalue weighted by atomic mass is 16.3. The number of nitrogens with zero attached hydrogens (tertiary/aromatic N) is 1. The highest BCUT2D eigenvalue weighted by molar-refractivity contribution is 5.97. The number of carbonyl (C=O) groups excluding carboxylic acids is 2. The van der Waals surface area contributed by atoms with E-state index in [1.807, 2.05) is 12.1 Å². The van der Waals surface area contributed by atoms with Crippen LogP contribution in [0.3, 0.4) is 0 Å². The molecule has 1 saturated heterocycles. The van der Waals surface area contributed by atoms with Crippen molar-refractivity contribution in [1.82, 2.24) is 15.5 Å². The van der Waals surface area contributed by atoms with E-state index >= 15 is 0 Å². The highest BCUT2D eigenvalue weighted by Crippen LogP contribution is 2.13. The number of hydrogen-bond acceptors (Lipinski definition) is 5. The summed E-state index contributed by atoms with van der Waals surface area (Å²) in [7, 11) is 0. The maximum atomic E-state index is 12.4. The van der Waals surface area contributed by atoms with E-state index in [0.717, 1.165) is 25.2 Å². The van der Waals surface area contributed by atoms with E-state index < -0.39 is 0 Å². The van der Waals surface area contributed by atoms with Gasteiger partial charge < -0.3 is 26.0 Å². The fourth-order valence-corrected chi connectivity index (χ4v) is 3.62. The van der Waals surface area contributed by atoms with Crippen molar-refractivity contribution in [3.8, 4) is 5.75 Å². The van der Waals surface area contributed by atoms with Crippen molar-refractivity contribution in [2.75, 3.05) is 38.0 Å². The average molecular weight is 425 g/mol. The van der Waals surface area contributed by atoms with Gasteiger partial charge in [-0.3, -0.25) is 9.59 Å². The molecule has 0 saturated carbocycles. The van der Waals surface area contributed by atoms with Crippen LogP contribution in [0.1, 0.15) is 41.6 Å². The lowest BCUT2D eigenvalue weighted by Gasteiger charge is -2.25. The first kappa shape index (κ1) is 22.8. The van der Waals surface area contributed by atoms with E-state index in [2.05, 4.69) is 20.9 Å². The van der Waals surface area contributed by atoms with Gasteiger partial charge in [0.1, 0.15) is 5.75 Å². The standard InChI is InChI=1S/C24H32N4O3/c29-22-9-7-19(8-10-22)18-25-12-13-26-24(31)20-5-4-6-21(17-20)27-23(30)11-16-28-14-2-1-3-15-28/h4-10,17,25,29H,1-3,11-16,18H2,(H,26,31)(H,27,30). The third-order valence-corrected chi connectivity index (χ3v) is 5.37. The minimum Gasteiger partial charge on any atom is -0.508 e. The quantitative estimate of drug-likeness (QED) is 0.440. The van der Waals surface area contributed by atoms with E-state index in [9.17, 15) is 14.7 Å². The van der Waals surface area contributed by atoms with E-state index in [1.54, 1.807) is 36.4 Å². The normalized spacial score (nSPS) is 14.2. The molecule has 0 atom stereocenters. The van der Waals surface area contributed by atoms with Gasteiger partial charge in [-0.25, -0.2) is 0 Å². The average Bonchev–Trinajstić information content (AvgIpc) is 2.79. The fourth-order valence-electron chi connectivity index (χ4n) is 3.62. The lowest BCUT2D eigenvalue weighted by Crippen LogP contribution is -2.32. The van der Waals surface area contributed by atoms with E-state index in [4.69, 9.17) is 0 Å². The second-order valence-corrected chi connectivity index (χ2v) is 7.88. The third kappa shape index (κ3) is 8.03. The summed E-state index contributed by atoms with van der Waals surface area (Å²) in [6.07, 6.45) is 4.17. The van der Waals surface area contributed by atoms with Gasteiger partial charge in [-0.15, -0.1) is 0 Å². The largest absolute Gasteiger partial charge is 0.508 e. The van der Waals surface area contributed by atoms with Gasteiger partial charge in [0, 0.05) is 43.9 Å². The van der Waals surface area contributed by atoms with Gasteiger partial charge in [0.15, 0.2) is 0 Å². The first-order valence-corrected chi connectivity index (χ1v) is 11.0. The first-order chi connectivity index (χ1) is 15.1. The molecule has 0 aromatic heterocycles. The number of anilines is 1. The van der Waals surface area contributed by atoms with Crippen molar-refractivity contribution in [2.24, 2.45) is 0 Å². The van der Waals surface area contributed by atoms with Crippen LogP contribution in [0.4, 0.5) is 5.69 Å². The zero-order chi connectivity index (χ0) is 21.9. The number of likely N-dealkylation sites (tertiary alicyclic amines) is 1. The van der Waals surface area contributed by atoms with Gasteiger partial charge in [-0.2, -0.15) is 0 Å². The summed E-state index contributed by atoms with van der Waals surface area (Å²) in [4.78, 5) is 27.0. The number of rotatable bonds is 10. The molecule has 31 heavy (non-hydrogen) atoms. The zero-order valence-corrected chi connectivity index (χ0v) is 17.9. The Labute approximate surface area is 183 Å². The van der Waals surface area contributed by atoms with Gasteiger partial charge in [-0.05, 0) is 61.8 Å². The number of amides is 2. The Bertz CT molecular complexity index is 848. The summed E-state index contributed by atoms with van der Waals surface area (Å²) in [5.74, 6) is 0.0499. The topological polar surface area (TPSA) is 93.7 Å². The molecule has 2 aromatic rings. The lowest BCUT2D eigenvalue weighted by atomic mass is 10.1. The summed E-state index contributed by atoms with van der Waals surface area (Å²) in [5.41, 5.74) is 2.22. The Morgan fingerprint density at radius 1 is 0.968 bits per heavy atom. The molecule has 2 aromatic carbocycles. The smallest absolute Gasteiger partial charge is 0.251 e. The second-order valence-electron chi connectivity index (χ2n) is 7.88. The van der Waals surface area contributed by atoms with Gasteiger partial charge in [0.2, 0.25) is 5.91 Å². The maximum Gasteiger partial charge on any atom is 0.251 e. The van der Waals surface area contributed by atoms with Crippen LogP contribution >= 0.6 is 0 Å². The summed E-state index contributed by atoms with van der Waals surface area (Å²) in [5, 5.41) is 18.3. The van der Waals surface area contributed by atoms with Crippen molar-refractivity contribution < 1.29 is 14.7 Å². The molecular formula is C24H32N4O3. The van der Waals surface area contributed by atoms with Gasteiger partial charge in [0.25, 0.3) is 5.91 Å². The van der Waals surface area contributed by atoms with Crippen molar-refractivity contribution in [3.05, 3.63) is 59.7 Å². The molecule has 0 aliphatic carbocycles. The fraction of sp³-hybridized carbons (Fsp3) is 0.417. The number of hydrogen-bond donors (Lipinski definition) is 4. The second kappa shape index (κ2) is 12.1. The minimum atomic E-state index is -0.171. The first-order valence-electron chi connectivity index (χ1n) is 11.0. The Morgan fingerprint density at radius 3 is 2.52 bits per heavy atom. The van der Waals surface area contributed by atoms with Crippen LogP contribution in [-0.4, -0.2) is 54.5 Å². The van der Waals surface area contributed by atoms with Crippen molar-refractivity contribution in [2.45, 2.75) is 32.2 Å².